The van der Waals surface area contributed by atoms with E-state index in [9.17, 15) is 19.4 Å². The van der Waals surface area contributed by atoms with Crippen molar-refractivity contribution in [1.29, 1.82) is 0 Å². The summed E-state index contributed by atoms with van der Waals surface area (Å²) in [6.45, 7) is 2.19. The molecule has 0 spiro atoms. The topological polar surface area (TPSA) is 97.5 Å². The number of carboxylic acids is 1. The van der Waals surface area contributed by atoms with Crippen LogP contribution in [0.25, 0.3) is 22.3 Å². The number of hydrogen-bond donors (Lipinski definition) is 2. The average Bonchev–Trinajstić information content (AvgIpc) is 3.28. The number of rotatable bonds is 10. The van der Waals surface area contributed by atoms with E-state index in [4.69, 9.17) is 4.74 Å². The molecule has 0 unspecified atom stereocenters. The van der Waals surface area contributed by atoms with Crippen LogP contribution >= 0.6 is 0 Å². The van der Waals surface area contributed by atoms with E-state index in [-0.39, 0.29) is 31.0 Å². The molecular weight excluding hydrogens is 516 g/mol. The Morgan fingerprint density at radius 2 is 1.75 bits per heavy atom. The van der Waals surface area contributed by atoms with E-state index in [0.717, 1.165) is 5.56 Å². The van der Waals surface area contributed by atoms with Gasteiger partial charge in [0, 0.05) is 36.8 Å². The summed E-state index contributed by atoms with van der Waals surface area (Å²) in [5, 5.41) is 18.7. The molecule has 0 amide bonds. The number of aromatic nitrogens is 3. The van der Waals surface area contributed by atoms with Crippen molar-refractivity contribution in [3.05, 3.63) is 113 Å². The molecule has 0 aliphatic rings. The molecule has 0 atom stereocenters. The molecule has 204 valence electrons. The molecule has 3 aromatic carbocycles. The zero-order valence-electron chi connectivity index (χ0n) is 21.8. The van der Waals surface area contributed by atoms with Gasteiger partial charge in [0.15, 0.2) is 0 Å². The summed E-state index contributed by atoms with van der Waals surface area (Å²) < 4.78 is 37.0. The van der Waals surface area contributed by atoms with Crippen molar-refractivity contribution in [2.75, 3.05) is 6.61 Å². The van der Waals surface area contributed by atoms with E-state index in [1.54, 1.807) is 48.5 Å². The van der Waals surface area contributed by atoms with Crippen LogP contribution in [0, 0.1) is 18.6 Å². The van der Waals surface area contributed by atoms with Crippen LogP contribution in [0.5, 0.6) is 5.88 Å². The molecule has 0 radical (unpaired) electrons. The van der Waals surface area contributed by atoms with Gasteiger partial charge in [0.05, 0.1) is 22.3 Å². The zero-order valence-corrected chi connectivity index (χ0v) is 21.8. The Hall–Kier alpha value is -4.63. The van der Waals surface area contributed by atoms with Gasteiger partial charge in [-0.3, -0.25) is 0 Å². The van der Waals surface area contributed by atoms with Gasteiger partial charge >= 0.3 is 5.97 Å². The van der Waals surface area contributed by atoms with Gasteiger partial charge in [-0.1, -0.05) is 30.3 Å². The number of halogens is 2. The van der Waals surface area contributed by atoms with Crippen LogP contribution in [-0.2, 0) is 19.6 Å². The second-order valence-corrected chi connectivity index (χ2v) is 9.49. The standard InChI is InChI=1S/C31H27F2N3O4/c1-19-6-7-23(24(32)14-19)18-40-30-5-2-4-26(35-30)21-9-8-20(25(33)15-21)17-29-34-27-11-10-22(31(38)39)16-28(27)36(29)12-3-13-37/h2,4-11,14-16,37H,3,12-13,17-18H2,1H3,(H,38,39). The lowest BCUT2D eigenvalue weighted by molar-refractivity contribution is 0.0697. The van der Waals surface area contributed by atoms with Crippen LogP contribution in [-0.4, -0.2) is 37.3 Å². The highest BCUT2D eigenvalue weighted by Crippen LogP contribution is 2.26. The first kappa shape index (κ1) is 27.0. The maximum Gasteiger partial charge on any atom is 0.335 e. The van der Waals surface area contributed by atoms with Gasteiger partial charge in [0.2, 0.25) is 5.88 Å². The molecule has 0 aliphatic carbocycles. The Kier molecular flexibility index (Phi) is 7.84. The van der Waals surface area contributed by atoms with Crippen LogP contribution in [0.1, 0.15) is 39.3 Å². The van der Waals surface area contributed by atoms with E-state index in [2.05, 4.69) is 9.97 Å². The third-order valence-electron chi connectivity index (χ3n) is 6.62. The highest BCUT2D eigenvalue weighted by atomic mass is 19.1. The van der Waals surface area contributed by atoms with Crippen molar-refractivity contribution in [1.82, 2.24) is 14.5 Å². The van der Waals surface area contributed by atoms with Gasteiger partial charge in [-0.25, -0.2) is 23.5 Å². The number of pyridine rings is 1. The van der Waals surface area contributed by atoms with Crippen LogP contribution in [0.15, 0.2) is 72.8 Å². The van der Waals surface area contributed by atoms with Crippen LogP contribution < -0.4 is 4.74 Å². The quantitative estimate of drug-likeness (QED) is 0.226. The molecular formula is C31H27F2N3O4. The van der Waals surface area contributed by atoms with E-state index < -0.39 is 11.8 Å². The molecule has 40 heavy (non-hydrogen) atoms. The number of imidazole rings is 1. The minimum atomic E-state index is -1.05. The van der Waals surface area contributed by atoms with Gasteiger partial charge in [-0.15, -0.1) is 0 Å². The normalized spacial score (nSPS) is 11.2. The Morgan fingerprint density at radius 1 is 0.950 bits per heavy atom. The third kappa shape index (κ3) is 5.84. The van der Waals surface area contributed by atoms with Crippen LogP contribution in [0.2, 0.25) is 0 Å². The molecule has 0 bridgehead atoms. The predicted molar refractivity (Wildman–Crippen MR) is 146 cm³/mol. The van der Waals surface area contributed by atoms with Gasteiger partial charge in [0.25, 0.3) is 0 Å². The smallest absolute Gasteiger partial charge is 0.335 e. The first-order valence-electron chi connectivity index (χ1n) is 12.8. The van der Waals surface area contributed by atoms with Gasteiger partial charge in [-0.05, 0) is 60.9 Å². The van der Waals surface area contributed by atoms with Gasteiger partial charge in [-0.2, -0.15) is 0 Å². The fourth-order valence-electron chi connectivity index (χ4n) is 4.52. The molecule has 5 rings (SSSR count). The molecule has 0 fully saturated rings. The highest BCUT2D eigenvalue weighted by Gasteiger charge is 2.16. The SMILES string of the molecule is Cc1ccc(COc2cccc(-c3ccc(Cc4nc5ccc(C(=O)O)cc5n4CCCO)c(F)c3)n2)c(F)c1. The number of carboxylic acid groups (broad SMARTS) is 1. The lowest BCUT2D eigenvalue weighted by Gasteiger charge is -2.11. The number of hydrogen-bond acceptors (Lipinski definition) is 5. The van der Waals surface area contributed by atoms with E-state index in [1.165, 1.54) is 18.2 Å². The lowest BCUT2D eigenvalue weighted by Crippen LogP contribution is -2.07. The summed E-state index contributed by atoms with van der Waals surface area (Å²) in [6, 6.07) is 19.5. The summed E-state index contributed by atoms with van der Waals surface area (Å²) in [4.78, 5) is 20.5. The third-order valence-corrected chi connectivity index (χ3v) is 6.62. The van der Waals surface area contributed by atoms with Gasteiger partial charge < -0.3 is 19.5 Å². The van der Waals surface area contributed by atoms with Crippen molar-refractivity contribution in [2.24, 2.45) is 0 Å². The molecule has 0 aliphatic heterocycles. The fraction of sp³-hybridized carbons (Fsp3) is 0.194. The number of aromatic carboxylic acids is 1. The van der Waals surface area contributed by atoms with Crippen molar-refractivity contribution in [2.45, 2.75) is 32.9 Å². The monoisotopic (exact) mass is 543 g/mol. The maximum atomic E-state index is 15.3. The number of benzene rings is 3. The maximum absolute atomic E-state index is 15.3. The van der Waals surface area contributed by atoms with Gasteiger partial charge in [0.1, 0.15) is 24.1 Å². The van der Waals surface area contributed by atoms with Crippen molar-refractivity contribution >= 4 is 17.0 Å². The van der Waals surface area contributed by atoms with E-state index >= 15 is 4.39 Å². The molecule has 5 aromatic rings. The number of ether oxygens (including phenoxy) is 1. The molecule has 2 N–H and O–H groups in total. The summed E-state index contributed by atoms with van der Waals surface area (Å²) in [6.07, 6.45) is 0.616. The minimum absolute atomic E-state index is 0.0150. The number of aliphatic hydroxyl groups is 1. The Morgan fingerprint density at radius 3 is 2.50 bits per heavy atom. The number of fused-ring (bicyclic) bond motifs is 1. The van der Waals surface area contributed by atoms with Crippen molar-refractivity contribution in [3.63, 3.8) is 0 Å². The first-order valence-corrected chi connectivity index (χ1v) is 12.8. The second-order valence-electron chi connectivity index (χ2n) is 9.49. The number of aryl methyl sites for hydroxylation is 2. The minimum Gasteiger partial charge on any atom is -0.478 e. The molecule has 7 nitrogen and oxygen atoms in total. The number of aliphatic hydroxyl groups excluding tert-OH is 1. The molecule has 2 aromatic heterocycles. The number of carbonyl (C=O) groups is 1. The zero-order chi connectivity index (χ0) is 28.2. The summed E-state index contributed by atoms with van der Waals surface area (Å²) in [7, 11) is 0. The predicted octanol–water partition coefficient (Wildman–Crippen LogP) is 5.94. The lowest BCUT2D eigenvalue weighted by atomic mass is 10.1. The number of nitrogens with zero attached hydrogens (tertiary/aromatic N) is 3. The van der Waals surface area contributed by atoms with Crippen molar-refractivity contribution in [3.8, 4) is 17.1 Å². The van der Waals surface area contributed by atoms with E-state index in [1.807, 2.05) is 17.6 Å². The molecule has 2 heterocycles. The Labute approximate surface area is 229 Å². The van der Waals surface area contributed by atoms with Crippen molar-refractivity contribution < 1.29 is 28.5 Å². The Balaban J connectivity index is 1.37. The largest absolute Gasteiger partial charge is 0.478 e. The first-order chi connectivity index (χ1) is 19.3. The van der Waals surface area contributed by atoms with Crippen LogP contribution in [0.3, 0.4) is 0 Å². The molecule has 0 saturated heterocycles. The van der Waals surface area contributed by atoms with E-state index in [0.29, 0.717) is 58.1 Å². The average molecular weight is 544 g/mol. The summed E-state index contributed by atoms with van der Waals surface area (Å²) in [5.74, 6) is -0.986. The molecule has 0 saturated carbocycles. The highest BCUT2D eigenvalue weighted by molar-refractivity contribution is 5.92. The molecule has 9 heteroatoms. The summed E-state index contributed by atoms with van der Waals surface area (Å²) >= 11 is 0. The Bertz CT molecular complexity index is 1700. The summed E-state index contributed by atoms with van der Waals surface area (Å²) in [5.41, 5.74) is 4.04. The fourth-order valence-corrected chi connectivity index (χ4v) is 4.52. The second kappa shape index (κ2) is 11.6. The van der Waals surface area contributed by atoms with Crippen LogP contribution in [0.4, 0.5) is 8.78 Å².